The molecule has 2 heterocycles. The van der Waals surface area contributed by atoms with Gasteiger partial charge in [-0.3, -0.25) is 9.97 Å². The monoisotopic (exact) mass is 313 g/mol. The molecule has 0 radical (unpaired) electrons. The maximum absolute atomic E-state index is 4.16. The second-order valence-corrected chi connectivity index (χ2v) is 5.49. The Labute approximate surface area is 141 Å². The minimum Gasteiger partial charge on any atom is -0.317 e. The van der Waals surface area contributed by atoms with Crippen LogP contribution in [0.15, 0.2) is 49.1 Å². The fourth-order valence-electron chi connectivity index (χ4n) is 2.63. The van der Waals surface area contributed by atoms with Gasteiger partial charge in [-0.05, 0) is 68.8 Å². The molecule has 0 fully saturated rings. The number of aromatic nitrogens is 2. The number of hydrogen-bond donors (Lipinski definition) is 1. The number of hydrogen-bond acceptors (Lipinski definition) is 3. The molecule has 2 aromatic rings. The molecule has 0 bridgehead atoms. The fourth-order valence-corrected chi connectivity index (χ4v) is 2.63. The Bertz CT molecular complexity index is 439. The molecule has 0 saturated heterocycles. The molecule has 0 saturated carbocycles. The Balaban J connectivity index is 0.00000127. The van der Waals surface area contributed by atoms with Crippen LogP contribution in [0.25, 0.3) is 0 Å². The second-order valence-electron chi connectivity index (χ2n) is 5.49. The molecule has 0 spiro atoms. The van der Waals surface area contributed by atoms with Crippen LogP contribution in [0.2, 0.25) is 0 Å². The van der Waals surface area contributed by atoms with Gasteiger partial charge in [0.15, 0.2) is 0 Å². The Kier molecular flexibility index (Phi) is 10.7. The molecule has 2 aromatic heterocycles. The first-order valence-corrected chi connectivity index (χ1v) is 8.83. The van der Waals surface area contributed by atoms with Gasteiger partial charge in [0.2, 0.25) is 0 Å². The summed E-state index contributed by atoms with van der Waals surface area (Å²) in [6.07, 6.45) is 14.7. The fraction of sp³-hybridized carbons (Fsp3) is 0.500. The predicted octanol–water partition coefficient (Wildman–Crippen LogP) is 4.44. The van der Waals surface area contributed by atoms with Crippen molar-refractivity contribution in [3.05, 3.63) is 60.2 Å². The number of rotatable bonds is 9. The molecule has 0 atom stereocenters. The molecule has 126 valence electrons. The van der Waals surface area contributed by atoms with Gasteiger partial charge < -0.3 is 5.32 Å². The van der Waals surface area contributed by atoms with E-state index in [2.05, 4.69) is 34.5 Å². The molecule has 0 unspecified atom stereocenters. The average Bonchev–Trinajstić information content (AvgIpc) is 2.64. The summed E-state index contributed by atoms with van der Waals surface area (Å²) in [6, 6.07) is 8.95. The van der Waals surface area contributed by atoms with Gasteiger partial charge in [0, 0.05) is 30.8 Å². The topological polar surface area (TPSA) is 37.8 Å². The first kappa shape index (κ1) is 19.3. The zero-order valence-electron chi connectivity index (χ0n) is 14.8. The van der Waals surface area contributed by atoms with Gasteiger partial charge in [-0.15, -0.1) is 0 Å². The highest BCUT2D eigenvalue weighted by Crippen LogP contribution is 2.11. The summed E-state index contributed by atoms with van der Waals surface area (Å²) in [5, 5.41) is 3.44. The van der Waals surface area contributed by atoms with E-state index in [0.717, 1.165) is 12.8 Å². The third kappa shape index (κ3) is 8.46. The average molecular weight is 313 g/mol. The largest absolute Gasteiger partial charge is 0.317 e. The number of nitrogens with zero attached hydrogens (tertiary/aromatic N) is 2. The first-order chi connectivity index (χ1) is 11.4. The molecule has 0 aromatic carbocycles. The van der Waals surface area contributed by atoms with Crippen LogP contribution in [0.4, 0.5) is 0 Å². The summed E-state index contributed by atoms with van der Waals surface area (Å²) in [5.74, 6) is 0. The molecule has 0 aliphatic heterocycles. The van der Waals surface area contributed by atoms with E-state index in [9.17, 15) is 0 Å². The van der Waals surface area contributed by atoms with Gasteiger partial charge in [0.25, 0.3) is 0 Å². The summed E-state index contributed by atoms with van der Waals surface area (Å²) < 4.78 is 0. The Morgan fingerprint density at radius 2 is 1.35 bits per heavy atom. The van der Waals surface area contributed by atoms with Gasteiger partial charge in [-0.25, -0.2) is 0 Å². The van der Waals surface area contributed by atoms with E-state index < -0.39 is 0 Å². The smallest absolute Gasteiger partial charge is 0.0299 e. The van der Waals surface area contributed by atoms with Crippen LogP contribution in [-0.4, -0.2) is 23.1 Å². The minimum atomic E-state index is 0.610. The molecular formula is C20H31N3. The zero-order chi connectivity index (χ0) is 16.8. The van der Waals surface area contributed by atoms with E-state index in [1.54, 1.807) is 0 Å². The Morgan fingerprint density at radius 1 is 0.870 bits per heavy atom. The lowest BCUT2D eigenvalue weighted by Crippen LogP contribution is -2.25. The lowest BCUT2D eigenvalue weighted by molar-refractivity contribution is 0.461. The predicted molar refractivity (Wildman–Crippen MR) is 98.5 cm³/mol. The molecule has 2 rings (SSSR count). The molecule has 0 aliphatic rings. The van der Waals surface area contributed by atoms with E-state index in [0.29, 0.717) is 6.04 Å². The molecule has 23 heavy (non-hydrogen) atoms. The molecule has 3 heteroatoms. The standard InChI is InChI=1S/C18H25N3.C2H6/c1-19-18(10-2-6-16-8-4-12-20-14-16)11-3-7-17-9-5-13-21-15-17;1-2/h4-5,8-9,12-15,18-19H,2-3,6-7,10-11H2,1H3;1-2H3. The van der Waals surface area contributed by atoms with Gasteiger partial charge >= 0.3 is 0 Å². The van der Waals surface area contributed by atoms with Crippen LogP contribution in [0.1, 0.15) is 50.7 Å². The molecular weight excluding hydrogens is 282 g/mol. The van der Waals surface area contributed by atoms with E-state index in [1.807, 2.05) is 50.8 Å². The van der Waals surface area contributed by atoms with E-state index in [1.165, 1.54) is 36.8 Å². The molecule has 3 nitrogen and oxygen atoms in total. The molecule has 0 aliphatic carbocycles. The van der Waals surface area contributed by atoms with Crippen molar-refractivity contribution in [3.63, 3.8) is 0 Å². The van der Waals surface area contributed by atoms with Gasteiger partial charge in [-0.2, -0.15) is 0 Å². The molecule has 1 N–H and O–H groups in total. The Hall–Kier alpha value is -1.74. The highest BCUT2D eigenvalue weighted by molar-refractivity contribution is 5.09. The van der Waals surface area contributed by atoms with Gasteiger partial charge in [0.1, 0.15) is 0 Å². The minimum absolute atomic E-state index is 0.610. The summed E-state index contributed by atoms with van der Waals surface area (Å²) >= 11 is 0. The number of pyridine rings is 2. The highest BCUT2D eigenvalue weighted by Gasteiger charge is 2.06. The van der Waals surface area contributed by atoms with Crippen molar-refractivity contribution in [2.24, 2.45) is 0 Å². The van der Waals surface area contributed by atoms with Gasteiger partial charge in [-0.1, -0.05) is 26.0 Å². The van der Waals surface area contributed by atoms with E-state index in [-0.39, 0.29) is 0 Å². The third-order valence-corrected chi connectivity index (χ3v) is 3.89. The van der Waals surface area contributed by atoms with Crippen LogP contribution in [0, 0.1) is 0 Å². The van der Waals surface area contributed by atoms with Crippen LogP contribution in [0.3, 0.4) is 0 Å². The van der Waals surface area contributed by atoms with Crippen molar-refractivity contribution in [1.29, 1.82) is 0 Å². The lowest BCUT2D eigenvalue weighted by Gasteiger charge is -2.16. The Morgan fingerprint density at radius 3 is 1.70 bits per heavy atom. The van der Waals surface area contributed by atoms with Crippen molar-refractivity contribution < 1.29 is 0 Å². The highest BCUT2D eigenvalue weighted by atomic mass is 14.9. The quantitative estimate of drug-likeness (QED) is 0.744. The third-order valence-electron chi connectivity index (χ3n) is 3.89. The van der Waals surface area contributed by atoms with E-state index >= 15 is 0 Å². The van der Waals surface area contributed by atoms with Gasteiger partial charge in [0.05, 0.1) is 0 Å². The lowest BCUT2D eigenvalue weighted by atomic mass is 10.0. The van der Waals surface area contributed by atoms with Crippen LogP contribution in [0.5, 0.6) is 0 Å². The summed E-state index contributed by atoms with van der Waals surface area (Å²) in [6.45, 7) is 4.00. The summed E-state index contributed by atoms with van der Waals surface area (Å²) in [4.78, 5) is 8.33. The second kappa shape index (κ2) is 12.8. The SMILES string of the molecule is CC.CNC(CCCc1cccnc1)CCCc1cccnc1. The maximum Gasteiger partial charge on any atom is 0.0299 e. The van der Waals surface area contributed by atoms with Crippen molar-refractivity contribution in [2.45, 2.75) is 58.4 Å². The zero-order valence-corrected chi connectivity index (χ0v) is 14.8. The number of nitrogens with one attached hydrogen (secondary N) is 1. The first-order valence-electron chi connectivity index (χ1n) is 8.83. The van der Waals surface area contributed by atoms with Crippen molar-refractivity contribution in [3.8, 4) is 0 Å². The van der Waals surface area contributed by atoms with Crippen molar-refractivity contribution >= 4 is 0 Å². The van der Waals surface area contributed by atoms with Crippen LogP contribution >= 0.6 is 0 Å². The molecule has 0 amide bonds. The maximum atomic E-state index is 4.16. The van der Waals surface area contributed by atoms with Crippen LogP contribution in [-0.2, 0) is 12.8 Å². The number of aryl methyl sites for hydroxylation is 2. The van der Waals surface area contributed by atoms with Crippen molar-refractivity contribution in [1.82, 2.24) is 15.3 Å². The summed E-state index contributed by atoms with van der Waals surface area (Å²) in [7, 11) is 2.07. The van der Waals surface area contributed by atoms with E-state index in [4.69, 9.17) is 0 Å². The van der Waals surface area contributed by atoms with Crippen LogP contribution < -0.4 is 5.32 Å². The van der Waals surface area contributed by atoms with Crippen molar-refractivity contribution in [2.75, 3.05) is 7.05 Å². The normalized spacial score (nSPS) is 10.3. The summed E-state index contributed by atoms with van der Waals surface area (Å²) in [5.41, 5.74) is 2.67.